The normalized spacial score (nSPS) is 11.6. The van der Waals surface area contributed by atoms with Gasteiger partial charge in [0.05, 0.1) is 6.07 Å². The topological polar surface area (TPSA) is 40.9 Å². The van der Waals surface area contributed by atoms with E-state index in [4.69, 9.17) is 5.26 Å². The Morgan fingerprint density at radius 2 is 2.25 bits per heavy atom. The van der Waals surface area contributed by atoms with Crippen molar-refractivity contribution in [3.63, 3.8) is 0 Å². The molecule has 0 atom stereocenters. The second-order valence-corrected chi connectivity index (χ2v) is 2.49. The Balaban J connectivity index is 4.05. The quantitative estimate of drug-likeness (QED) is 0.471. The van der Waals surface area contributed by atoms with E-state index in [1.165, 1.54) is 6.92 Å². The maximum Gasteiger partial charge on any atom is 0.133 e. The summed E-state index contributed by atoms with van der Waals surface area (Å²) >= 11 is 0. The van der Waals surface area contributed by atoms with Gasteiger partial charge in [-0.25, -0.2) is 0 Å². The molecule has 0 aromatic heterocycles. The van der Waals surface area contributed by atoms with Crippen LogP contribution in [0.5, 0.6) is 0 Å². The van der Waals surface area contributed by atoms with Crippen LogP contribution >= 0.6 is 0 Å². The summed E-state index contributed by atoms with van der Waals surface area (Å²) in [6, 6.07) is 2.04. The van der Waals surface area contributed by atoms with Crippen LogP contribution in [0.1, 0.15) is 26.7 Å². The molecule has 2 nitrogen and oxygen atoms in total. The first-order valence-electron chi connectivity index (χ1n) is 3.97. The van der Waals surface area contributed by atoms with Gasteiger partial charge >= 0.3 is 0 Å². The first-order chi connectivity index (χ1) is 5.70. The monoisotopic (exact) mass is 163 g/mol. The highest BCUT2D eigenvalue weighted by Gasteiger charge is 1.88. The number of carbonyl (C=O) groups excluding carboxylic acids is 1. The maximum absolute atomic E-state index is 10.5. The molecule has 0 fully saturated rings. The zero-order chi connectivity index (χ0) is 9.40. The average molecular weight is 163 g/mol. The van der Waals surface area contributed by atoms with E-state index in [0.29, 0.717) is 12.0 Å². The Bertz CT molecular complexity index is 243. The summed E-state index contributed by atoms with van der Waals surface area (Å²) in [4.78, 5) is 10.5. The molecular weight excluding hydrogens is 150 g/mol. The van der Waals surface area contributed by atoms with Gasteiger partial charge in [-0.3, -0.25) is 4.79 Å². The summed E-state index contributed by atoms with van der Waals surface area (Å²) in [5.41, 5.74) is 0.624. The van der Waals surface area contributed by atoms with Crippen LogP contribution in [0.2, 0.25) is 0 Å². The lowest BCUT2D eigenvalue weighted by Crippen LogP contribution is -1.84. The fraction of sp³-hybridized carbons (Fsp3) is 0.400. The van der Waals surface area contributed by atoms with Crippen LogP contribution in [-0.4, -0.2) is 5.78 Å². The molecule has 0 bridgehead atoms. The number of nitriles is 1. The summed E-state index contributed by atoms with van der Waals surface area (Å²) in [5.74, 6) is 0.111. The fourth-order valence-corrected chi connectivity index (χ4v) is 0.723. The van der Waals surface area contributed by atoms with Gasteiger partial charge in [0.1, 0.15) is 5.78 Å². The maximum atomic E-state index is 10.5. The van der Waals surface area contributed by atoms with Crippen LogP contribution in [0.15, 0.2) is 23.8 Å². The van der Waals surface area contributed by atoms with Crippen LogP contribution in [-0.2, 0) is 4.79 Å². The summed E-state index contributed by atoms with van der Waals surface area (Å²) in [7, 11) is 0. The van der Waals surface area contributed by atoms with Crippen molar-refractivity contribution < 1.29 is 4.79 Å². The van der Waals surface area contributed by atoms with E-state index >= 15 is 0 Å². The smallest absolute Gasteiger partial charge is 0.133 e. The molecule has 0 aromatic rings. The minimum atomic E-state index is 0.111. The van der Waals surface area contributed by atoms with Gasteiger partial charge in [-0.2, -0.15) is 5.26 Å². The Morgan fingerprint density at radius 3 is 2.67 bits per heavy atom. The van der Waals surface area contributed by atoms with E-state index in [-0.39, 0.29) is 5.78 Å². The van der Waals surface area contributed by atoms with E-state index in [2.05, 4.69) is 0 Å². The second kappa shape index (κ2) is 6.36. The molecule has 0 aliphatic carbocycles. The molecular formula is C10H13NO. The zero-order valence-electron chi connectivity index (χ0n) is 7.50. The lowest BCUT2D eigenvalue weighted by Gasteiger charge is -1.86. The standard InChI is InChI=1S/C10H13NO/c1-3-5-10(8-11)7-4-6-9(2)12/h4-5,7H,3,6H2,1-2H3/b7-4-,10-5+. The second-order valence-electron chi connectivity index (χ2n) is 2.49. The first kappa shape index (κ1) is 10.6. The van der Waals surface area contributed by atoms with Crippen molar-refractivity contribution in [2.45, 2.75) is 26.7 Å². The van der Waals surface area contributed by atoms with Gasteiger partial charge in [0.25, 0.3) is 0 Å². The number of nitrogens with zero attached hydrogens (tertiary/aromatic N) is 1. The highest BCUT2D eigenvalue weighted by atomic mass is 16.1. The number of allylic oxidation sites excluding steroid dienone is 4. The molecule has 0 radical (unpaired) electrons. The van der Waals surface area contributed by atoms with Crippen molar-refractivity contribution in [2.75, 3.05) is 0 Å². The van der Waals surface area contributed by atoms with Crippen LogP contribution in [0.25, 0.3) is 0 Å². The molecule has 0 aromatic carbocycles. The van der Waals surface area contributed by atoms with Crippen LogP contribution in [0, 0.1) is 11.3 Å². The van der Waals surface area contributed by atoms with E-state index in [0.717, 1.165) is 6.42 Å². The van der Waals surface area contributed by atoms with Gasteiger partial charge < -0.3 is 0 Å². The number of rotatable bonds is 4. The van der Waals surface area contributed by atoms with Gasteiger partial charge in [-0.05, 0) is 19.4 Å². The molecule has 0 N–H and O–H groups in total. The van der Waals surface area contributed by atoms with Gasteiger partial charge in [-0.1, -0.05) is 19.1 Å². The third-order valence-corrected chi connectivity index (χ3v) is 1.26. The Kier molecular flexibility index (Phi) is 5.64. The molecule has 0 spiro atoms. The first-order valence-corrected chi connectivity index (χ1v) is 3.97. The fourth-order valence-electron chi connectivity index (χ4n) is 0.723. The van der Waals surface area contributed by atoms with Crippen molar-refractivity contribution in [1.82, 2.24) is 0 Å². The van der Waals surface area contributed by atoms with Crippen molar-refractivity contribution in [3.8, 4) is 6.07 Å². The number of ketones is 1. The predicted molar refractivity (Wildman–Crippen MR) is 48.4 cm³/mol. The SMILES string of the molecule is CC/C=C(C#N)\C=C/CC(C)=O. The molecule has 0 aliphatic rings. The largest absolute Gasteiger partial charge is 0.300 e. The Hall–Kier alpha value is -1.36. The zero-order valence-corrected chi connectivity index (χ0v) is 7.50. The molecule has 2 heteroatoms. The predicted octanol–water partition coefficient (Wildman–Crippen LogP) is 2.38. The third-order valence-electron chi connectivity index (χ3n) is 1.26. The summed E-state index contributed by atoms with van der Waals surface area (Å²) in [6.07, 6.45) is 6.48. The lowest BCUT2D eigenvalue weighted by atomic mass is 10.2. The lowest BCUT2D eigenvalue weighted by molar-refractivity contribution is -0.116. The van der Waals surface area contributed by atoms with Crippen molar-refractivity contribution in [1.29, 1.82) is 5.26 Å². The molecule has 0 saturated carbocycles. The number of Topliss-reactive ketones (excluding diaryl/α,β-unsaturated/α-hetero) is 1. The van der Waals surface area contributed by atoms with E-state index in [1.807, 2.05) is 19.1 Å². The van der Waals surface area contributed by atoms with E-state index in [9.17, 15) is 4.79 Å². The van der Waals surface area contributed by atoms with Crippen LogP contribution in [0.4, 0.5) is 0 Å². The van der Waals surface area contributed by atoms with Crippen molar-refractivity contribution >= 4 is 5.78 Å². The van der Waals surface area contributed by atoms with E-state index < -0.39 is 0 Å². The van der Waals surface area contributed by atoms with Crippen molar-refractivity contribution in [3.05, 3.63) is 23.8 Å². The minimum absolute atomic E-state index is 0.111. The number of hydrogen-bond acceptors (Lipinski definition) is 2. The summed E-state index contributed by atoms with van der Waals surface area (Å²) < 4.78 is 0. The van der Waals surface area contributed by atoms with Gasteiger partial charge in [0.15, 0.2) is 0 Å². The highest BCUT2D eigenvalue weighted by Crippen LogP contribution is 1.98. The van der Waals surface area contributed by atoms with Gasteiger partial charge in [-0.15, -0.1) is 0 Å². The van der Waals surface area contributed by atoms with Crippen LogP contribution < -0.4 is 0 Å². The molecule has 0 heterocycles. The molecule has 0 amide bonds. The number of carbonyl (C=O) groups is 1. The van der Waals surface area contributed by atoms with Gasteiger partial charge in [0, 0.05) is 12.0 Å². The molecule has 0 rings (SSSR count). The van der Waals surface area contributed by atoms with Crippen LogP contribution in [0.3, 0.4) is 0 Å². The van der Waals surface area contributed by atoms with Crippen molar-refractivity contribution in [2.24, 2.45) is 0 Å². The Morgan fingerprint density at radius 1 is 1.58 bits per heavy atom. The minimum Gasteiger partial charge on any atom is -0.300 e. The molecule has 64 valence electrons. The van der Waals surface area contributed by atoms with E-state index in [1.54, 1.807) is 12.2 Å². The third kappa shape index (κ3) is 5.43. The molecule has 0 aliphatic heterocycles. The summed E-state index contributed by atoms with van der Waals surface area (Å²) in [6.45, 7) is 3.50. The number of hydrogen-bond donors (Lipinski definition) is 0. The summed E-state index contributed by atoms with van der Waals surface area (Å²) in [5, 5.41) is 8.57. The Labute approximate surface area is 73.2 Å². The molecule has 0 saturated heterocycles. The average Bonchev–Trinajstić information content (AvgIpc) is 2.02. The van der Waals surface area contributed by atoms with Gasteiger partial charge in [0.2, 0.25) is 0 Å². The highest BCUT2D eigenvalue weighted by molar-refractivity contribution is 5.77. The molecule has 12 heavy (non-hydrogen) atoms. The molecule has 0 unspecified atom stereocenters.